The van der Waals surface area contributed by atoms with Crippen LogP contribution in [0.5, 0.6) is 0 Å². The normalized spacial score (nSPS) is 15.2. The largest absolute Gasteiger partial charge is 0.300 e. The number of nitrogens with zero attached hydrogens (tertiary/aromatic N) is 1. The Hall–Kier alpha value is -0.370. The molecule has 2 heteroatoms. The Bertz CT molecular complexity index is 169. The molecule has 78 valence electrons. The van der Waals surface area contributed by atoms with E-state index in [4.69, 9.17) is 0 Å². The van der Waals surface area contributed by atoms with Crippen LogP contribution in [0.4, 0.5) is 0 Å². The Kier molecular flexibility index (Phi) is 4.11. The van der Waals surface area contributed by atoms with Gasteiger partial charge in [-0.2, -0.15) is 0 Å². The van der Waals surface area contributed by atoms with Crippen LogP contribution in [0.15, 0.2) is 0 Å². The van der Waals surface area contributed by atoms with Gasteiger partial charge in [0.1, 0.15) is 0 Å². The van der Waals surface area contributed by atoms with Gasteiger partial charge in [-0.3, -0.25) is 9.69 Å². The lowest BCUT2D eigenvalue weighted by Crippen LogP contribution is -2.45. The molecule has 0 saturated carbocycles. The molecular formula is C11H23NO. The van der Waals surface area contributed by atoms with E-state index in [2.05, 4.69) is 13.8 Å². The summed E-state index contributed by atoms with van der Waals surface area (Å²) in [6, 6.07) is 0.0417. The molecule has 0 aliphatic rings. The molecule has 0 aliphatic heterocycles. The van der Waals surface area contributed by atoms with Crippen molar-refractivity contribution in [1.82, 2.24) is 4.90 Å². The van der Waals surface area contributed by atoms with E-state index in [9.17, 15) is 4.79 Å². The van der Waals surface area contributed by atoms with Crippen LogP contribution in [0.3, 0.4) is 0 Å². The molecule has 1 atom stereocenters. The molecule has 0 bridgehead atoms. The lowest BCUT2D eigenvalue weighted by atomic mass is 9.82. The molecular weight excluding hydrogens is 162 g/mol. The van der Waals surface area contributed by atoms with E-state index in [1.54, 1.807) is 0 Å². The third kappa shape index (κ3) is 3.47. The molecule has 1 unspecified atom stereocenters. The summed E-state index contributed by atoms with van der Waals surface area (Å²) < 4.78 is 0. The van der Waals surface area contributed by atoms with Crippen LogP contribution in [0.1, 0.15) is 34.6 Å². The van der Waals surface area contributed by atoms with Crippen molar-refractivity contribution >= 4 is 5.78 Å². The highest BCUT2D eigenvalue weighted by Crippen LogP contribution is 2.22. The van der Waals surface area contributed by atoms with Gasteiger partial charge in [-0.15, -0.1) is 0 Å². The number of Topliss-reactive ketones (excluding diaryl/α,β-unsaturated/α-hetero) is 1. The topological polar surface area (TPSA) is 20.3 Å². The highest BCUT2D eigenvalue weighted by molar-refractivity contribution is 5.88. The van der Waals surface area contributed by atoms with Crippen LogP contribution < -0.4 is 0 Å². The lowest BCUT2D eigenvalue weighted by Gasteiger charge is -2.32. The maximum absolute atomic E-state index is 12.0. The first-order chi connectivity index (χ1) is 5.68. The summed E-state index contributed by atoms with van der Waals surface area (Å²) in [4.78, 5) is 14.0. The van der Waals surface area contributed by atoms with E-state index in [1.165, 1.54) is 0 Å². The van der Waals surface area contributed by atoms with Gasteiger partial charge in [-0.25, -0.2) is 0 Å². The second-order valence-corrected chi connectivity index (χ2v) is 5.27. The number of hydrogen-bond acceptors (Lipinski definition) is 2. The van der Waals surface area contributed by atoms with Gasteiger partial charge < -0.3 is 0 Å². The lowest BCUT2D eigenvalue weighted by molar-refractivity contribution is -0.132. The third-order valence-corrected chi connectivity index (χ3v) is 2.20. The minimum Gasteiger partial charge on any atom is -0.300 e. The fraction of sp³-hybridized carbons (Fsp3) is 0.909. The molecule has 0 fully saturated rings. The molecule has 2 nitrogen and oxygen atoms in total. The van der Waals surface area contributed by atoms with E-state index in [0.717, 1.165) is 0 Å². The first-order valence-corrected chi connectivity index (χ1v) is 4.88. The van der Waals surface area contributed by atoms with Crippen molar-refractivity contribution in [3.05, 3.63) is 0 Å². The van der Waals surface area contributed by atoms with Crippen LogP contribution in [0, 0.1) is 11.3 Å². The second kappa shape index (κ2) is 4.23. The molecule has 0 aliphatic carbocycles. The molecule has 0 aromatic rings. The van der Waals surface area contributed by atoms with Crippen LogP contribution in [0.25, 0.3) is 0 Å². The Morgan fingerprint density at radius 2 is 1.54 bits per heavy atom. The molecule has 0 aromatic heterocycles. The fourth-order valence-corrected chi connectivity index (χ4v) is 1.58. The van der Waals surface area contributed by atoms with Gasteiger partial charge in [0.05, 0.1) is 6.04 Å². The standard InChI is InChI=1S/C11H23NO/c1-8(2)9(12(6)7)10(13)11(3,4)5/h8-9H,1-7H3. The summed E-state index contributed by atoms with van der Waals surface area (Å²) in [5.41, 5.74) is -0.237. The van der Waals surface area contributed by atoms with Crippen molar-refractivity contribution in [3.8, 4) is 0 Å². The predicted octanol–water partition coefficient (Wildman–Crippen LogP) is 2.19. The van der Waals surface area contributed by atoms with Crippen molar-refractivity contribution in [2.45, 2.75) is 40.7 Å². The Morgan fingerprint density at radius 3 is 1.62 bits per heavy atom. The second-order valence-electron chi connectivity index (χ2n) is 5.27. The van der Waals surface area contributed by atoms with Gasteiger partial charge in [0, 0.05) is 5.41 Å². The molecule has 0 N–H and O–H groups in total. The summed E-state index contributed by atoms with van der Waals surface area (Å²) in [5.74, 6) is 0.703. The van der Waals surface area contributed by atoms with Gasteiger partial charge in [-0.1, -0.05) is 34.6 Å². The van der Waals surface area contributed by atoms with Gasteiger partial charge in [0.25, 0.3) is 0 Å². The van der Waals surface area contributed by atoms with Crippen LogP contribution in [0.2, 0.25) is 0 Å². The fourth-order valence-electron chi connectivity index (χ4n) is 1.58. The number of carbonyl (C=O) groups is 1. The maximum atomic E-state index is 12.0. The smallest absolute Gasteiger partial charge is 0.155 e. The Labute approximate surface area is 82.3 Å². The van der Waals surface area contributed by atoms with Crippen LogP contribution in [-0.4, -0.2) is 30.8 Å². The molecule has 0 rings (SSSR count). The van der Waals surface area contributed by atoms with Crippen molar-refractivity contribution in [2.24, 2.45) is 11.3 Å². The monoisotopic (exact) mass is 185 g/mol. The first-order valence-electron chi connectivity index (χ1n) is 4.88. The third-order valence-electron chi connectivity index (χ3n) is 2.20. The quantitative estimate of drug-likeness (QED) is 0.671. The van der Waals surface area contributed by atoms with Crippen molar-refractivity contribution in [2.75, 3.05) is 14.1 Å². The predicted molar refractivity (Wildman–Crippen MR) is 56.8 cm³/mol. The highest BCUT2D eigenvalue weighted by Gasteiger charge is 2.32. The van der Waals surface area contributed by atoms with E-state index >= 15 is 0 Å². The van der Waals surface area contributed by atoms with Gasteiger partial charge in [0.15, 0.2) is 5.78 Å². The van der Waals surface area contributed by atoms with Crippen LogP contribution >= 0.6 is 0 Å². The molecule has 0 radical (unpaired) electrons. The van der Waals surface area contributed by atoms with E-state index in [-0.39, 0.29) is 11.5 Å². The number of ketones is 1. The minimum absolute atomic E-state index is 0.0417. The molecule has 0 aromatic carbocycles. The number of rotatable bonds is 3. The molecule has 13 heavy (non-hydrogen) atoms. The van der Waals surface area contributed by atoms with E-state index < -0.39 is 0 Å². The van der Waals surface area contributed by atoms with Crippen LogP contribution in [-0.2, 0) is 4.79 Å². The average Bonchev–Trinajstić information content (AvgIpc) is 1.82. The van der Waals surface area contributed by atoms with Crippen molar-refractivity contribution in [1.29, 1.82) is 0 Å². The summed E-state index contributed by atoms with van der Waals surface area (Å²) in [7, 11) is 3.93. The van der Waals surface area contributed by atoms with Gasteiger partial charge >= 0.3 is 0 Å². The van der Waals surface area contributed by atoms with Crippen molar-refractivity contribution < 1.29 is 4.79 Å². The van der Waals surface area contributed by atoms with Crippen molar-refractivity contribution in [3.63, 3.8) is 0 Å². The van der Waals surface area contributed by atoms with Gasteiger partial charge in [0.2, 0.25) is 0 Å². The Balaban J connectivity index is 4.68. The van der Waals surface area contributed by atoms with E-state index in [0.29, 0.717) is 11.7 Å². The molecule has 0 spiro atoms. The highest BCUT2D eigenvalue weighted by atomic mass is 16.1. The molecule has 0 saturated heterocycles. The minimum atomic E-state index is -0.237. The summed E-state index contributed by atoms with van der Waals surface area (Å²) in [6.45, 7) is 10.1. The first kappa shape index (κ1) is 12.6. The summed E-state index contributed by atoms with van der Waals surface area (Å²) in [6.07, 6.45) is 0. The zero-order chi connectivity index (χ0) is 10.8. The molecule has 0 amide bonds. The Morgan fingerprint density at radius 1 is 1.15 bits per heavy atom. The average molecular weight is 185 g/mol. The van der Waals surface area contributed by atoms with E-state index in [1.807, 2.05) is 39.8 Å². The molecule has 0 heterocycles. The number of likely N-dealkylation sites (N-methyl/N-ethyl adjacent to an activating group) is 1. The zero-order valence-corrected chi connectivity index (χ0v) is 10.0. The maximum Gasteiger partial charge on any atom is 0.155 e. The van der Waals surface area contributed by atoms with Gasteiger partial charge in [-0.05, 0) is 20.0 Å². The summed E-state index contributed by atoms with van der Waals surface area (Å²) >= 11 is 0. The number of carbonyl (C=O) groups excluding carboxylic acids is 1. The number of hydrogen-bond donors (Lipinski definition) is 0. The SMILES string of the molecule is CC(C)C(C(=O)C(C)(C)C)N(C)C. The zero-order valence-electron chi connectivity index (χ0n) is 10.0. The summed E-state index contributed by atoms with van der Waals surface area (Å²) in [5, 5.41) is 0.